The van der Waals surface area contributed by atoms with E-state index in [4.69, 9.17) is 4.74 Å². The van der Waals surface area contributed by atoms with Crippen LogP contribution in [0.4, 0.5) is 0 Å². The first kappa shape index (κ1) is 17.7. The van der Waals surface area contributed by atoms with E-state index in [2.05, 4.69) is 32.9 Å². The van der Waals surface area contributed by atoms with Crippen LogP contribution in [0.25, 0.3) is 0 Å². The molecule has 0 aromatic carbocycles. The molecule has 0 aromatic heterocycles. The molecule has 0 aromatic rings. The molecule has 0 heterocycles. The zero-order valence-corrected chi connectivity index (χ0v) is 13.1. The van der Waals surface area contributed by atoms with Crippen LogP contribution in [0.1, 0.15) is 60.3 Å². The summed E-state index contributed by atoms with van der Waals surface area (Å²) >= 11 is 0. The maximum absolute atomic E-state index is 11.2. The van der Waals surface area contributed by atoms with E-state index in [-0.39, 0.29) is 5.97 Å². The van der Waals surface area contributed by atoms with Crippen LogP contribution in [0.2, 0.25) is 0 Å². The highest BCUT2D eigenvalue weighted by molar-refractivity contribution is 5.82. The molecular formula is C17H28O2. The van der Waals surface area contributed by atoms with Crippen molar-refractivity contribution >= 4 is 5.97 Å². The highest BCUT2D eigenvalue weighted by Gasteiger charge is 1.97. The third-order valence-electron chi connectivity index (χ3n) is 2.77. The van der Waals surface area contributed by atoms with Crippen LogP contribution in [-0.4, -0.2) is 12.6 Å². The Balaban J connectivity index is 3.99. The summed E-state index contributed by atoms with van der Waals surface area (Å²) in [6, 6.07) is 0. The summed E-state index contributed by atoms with van der Waals surface area (Å²) in [4.78, 5) is 11.2. The van der Waals surface area contributed by atoms with Gasteiger partial charge in [0, 0.05) is 6.08 Å². The van der Waals surface area contributed by atoms with Gasteiger partial charge in [-0.15, -0.1) is 0 Å². The first-order chi connectivity index (χ1) is 8.95. The summed E-state index contributed by atoms with van der Waals surface area (Å²) in [6.07, 6.45) is 10.3. The van der Waals surface area contributed by atoms with Crippen LogP contribution in [-0.2, 0) is 9.53 Å². The molecule has 0 radical (unpaired) electrons. The lowest BCUT2D eigenvalue weighted by Gasteiger charge is -2.01. The maximum Gasteiger partial charge on any atom is 0.330 e. The molecule has 0 N–H and O–H groups in total. The van der Waals surface area contributed by atoms with Crippen molar-refractivity contribution in [2.45, 2.75) is 60.3 Å². The molecule has 2 nitrogen and oxygen atoms in total. The smallest absolute Gasteiger partial charge is 0.330 e. The summed E-state index contributed by atoms with van der Waals surface area (Å²) in [5.41, 5.74) is 3.87. The maximum atomic E-state index is 11.2. The van der Waals surface area contributed by atoms with Gasteiger partial charge in [-0.05, 0) is 60.3 Å². The molecular weight excluding hydrogens is 236 g/mol. The molecule has 0 aliphatic rings. The zero-order chi connectivity index (χ0) is 14.7. The van der Waals surface area contributed by atoms with Gasteiger partial charge in [0.25, 0.3) is 0 Å². The van der Waals surface area contributed by atoms with E-state index in [9.17, 15) is 4.79 Å². The monoisotopic (exact) mass is 264 g/mol. The SMILES string of the molecule is CCOC(=O)/C=C(\C)CC/C=C(\C)CCC=C(C)C. The van der Waals surface area contributed by atoms with Gasteiger partial charge in [-0.25, -0.2) is 4.79 Å². The standard InChI is InChI=1S/C17H28O2/c1-6-19-17(18)13-16(5)12-8-11-15(4)10-7-9-14(2)3/h9,11,13H,6-8,10,12H2,1-5H3/b15-11+,16-13+. The van der Waals surface area contributed by atoms with Crippen molar-refractivity contribution in [3.8, 4) is 0 Å². The number of esters is 1. The Bertz CT molecular complexity index is 355. The van der Waals surface area contributed by atoms with Crippen molar-refractivity contribution < 1.29 is 9.53 Å². The van der Waals surface area contributed by atoms with Gasteiger partial charge in [0.05, 0.1) is 6.61 Å². The van der Waals surface area contributed by atoms with Crippen molar-refractivity contribution in [2.24, 2.45) is 0 Å². The van der Waals surface area contributed by atoms with Crippen molar-refractivity contribution in [1.82, 2.24) is 0 Å². The fourth-order valence-corrected chi connectivity index (χ4v) is 1.69. The molecule has 0 unspecified atom stereocenters. The van der Waals surface area contributed by atoms with Crippen molar-refractivity contribution in [3.05, 3.63) is 34.9 Å². The molecule has 0 rings (SSSR count). The average molecular weight is 264 g/mol. The van der Waals surface area contributed by atoms with E-state index >= 15 is 0 Å². The van der Waals surface area contributed by atoms with E-state index in [1.807, 2.05) is 13.8 Å². The quantitative estimate of drug-likeness (QED) is 0.351. The van der Waals surface area contributed by atoms with Crippen molar-refractivity contribution in [1.29, 1.82) is 0 Å². The molecule has 19 heavy (non-hydrogen) atoms. The second-order valence-corrected chi connectivity index (χ2v) is 5.15. The number of allylic oxidation sites excluding steroid dienone is 5. The Hall–Kier alpha value is -1.31. The molecule has 2 heteroatoms. The van der Waals surface area contributed by atoms with Crippen LogP contribution in [0, 0.1) is 0 Å². The molecule has 0 aliphatic heterocycles. The van der Waals surface area contributed by atoms with Crippen LogP contribution < -0.4 is 0 Å². The first-order valence-corrected chi connectivity index (χ1v) is 7.08. The first-order valence-electron chi connectivity index (χ1n) is 7.08. The average Bonchev–Trinajstić information content (AvgIpc) is 2.28. The molecule has 0 saturated carbocycles. The van der Waals surface area contributed by atoms with Gasteiger partial charge in [-0.3, -0.25) is 0 Å². The number of rotatable bonds is 8. The van der Waals surface area contributed by atoms with Gasteiger partial charge in [0.2, 0.25) is 0 Å². The zero-order valence-electron chi connectivity index (χ0n) is 13.1. The van der Waals surface area contributed by atoms with Gasteiger partial charge >= 0.3 is 5.97 Å². The lowest BCUT2D eigenvalue weighted by atomic mass is 10.1. The summed E-state index contributed by atoms with van der Waals surface area (Å²) in [6.45, 7) is 10.7. The lowest BCUT2D eigenvalue weighted by molar-refractivity contribution is -0.137. The normalized spacial score (nSPS) is 12.3. The minimum Gasteiger partial charge on any atom is -0.463 e. The van der Waals surface area contributed by atoms with Gasteiger partial charge in [0.15, 0.2) is 0 Å². The second kappa shape index (κ2) is 10.6. The summed E-state index contributed by atoms with van der Waals surface area (Å²) in [5, 5.41) is 0. The molecule has 0 bridgehead atoms. The molecule has 0 amide bonds. The minimum absolute atomic E-state index is 0.232. The Labute approximate surface area is 118 Å². The molecule has 0 spiro atoms. The molecule has 0 atom stereocenters. The predicted octanol–water partition coefficient (Wildman–Crippen LogP) is 4.97. The van der Waals surface area contributed by atoms with E-state index in [1.165, 1.54) is 11.1 Å². The fraction of sp³-hybridized carbons (Fsp3) is 0.588. The Kier molecular flexibility index (Phi) is 9.87. The number of carbonyl (C=O) groups excluding carboxylic acids is 1. The summed E-state index contributed by atoms with van der Waals surface area (Å²) in [5.74, 6) is -0.232. The third kappa shape index (κ3) is 11.5. The van der Waals surface area contributed by atoms with Crippen LogP contribution >= 0.6 is 0 Å². The molecule has 0 fully saturated rings. The minimum atomic E-state index is -0.232. The third-order valence-corrected chi connectivity index (χ3v) is 2.77. The summed E-state index contributed by atoms with van der Waals surface area (Å²) < 4.78 is 4.88. The van der Waals surface area contributed by atoms with Gasteiger partial charge in [-0.1, -0.05) is 28.9 Å². The fourth-order valence-electron chi connectivity index (χ4n) is 1.69. The van der Waals surface area contributed by atoms with E-state index in [0.717, 1.165) is 31.3 Å². The van der Waals surface area contributed by atoms with Crippen LogP contribution in [0.15, 0.2) is 34.9 Å². The van der Waals surface area contributed by atoms with E-state index in [0.29, 0.717) is 6.61 Å². The van der Waals surface area contributed by atoms with Crippen LogP contribution in [0.5, 0.6) is 0 Å². The highest BCUT2D eigenvalue weighted by Crippen LogP contribution is 2.11. The number of ether oxygens (including phenoxy) is 1. The van der Waals surface area contributed by atoms with Crippen molar-refractivity contribution in [2.75, 3.05) is 6.61 Å². The molecule has 108 valence electrons. The van der Waals surface area contributed by atoms with Gasteiger partial charge in [-0.2, -0.15) is 0 Å². The second-order valence-electron chi connectivity index (χ2n) is 5.15. The number of hydrogen-bond donors (Lipinski definition) is 0. The Morgan fingerprint density at radius 3 is 2.11 bits per heavy atom. The highest BCUT2D eigenvalue weighted by atomic mass is 16.5. The number of carbonyl (C=O) groups is 1. The van der Waals surface area contributed by atoms with E-state index < -0.39 is 0 Å². The Morgan fingerprint density at radius 1 is 0.947 bits per heavy atom. The number of hydrogen-bond acceptors (Lipinski definition) is 2. The lowest BCUT2D eigenvalue weighted by Crippen LogP contribution is -2.00. The van der Waals surface area contributed by atoms with Crippen LogP contribution in [0.3, 0.4) is 0 Å². The van der Waals surface area contributed by atoms with Crippen molar-refractivity contribution in [3.63, 3.8) is 0 Å². The van der Waals surface area contributed by atoms with E-state index in [1.54, 1.807) is 6.08 Å². The topological polar surface area (TPSA) is 26.3 Å². The summed E-state index contributed by atoms with van der Waals surface area (Å²) in [7, 11) is 0. The van der Waals surface area contributed by atoms with Gasteiger partial charge < -0.3 is 4.74 Å². The predicted molar refractivity (Wildman–Crippen MR) is 82.0 cm³/mol. The Morgan fingerprint density at radius 2 is 1.53 bits per heavy atom. The molecule has 0 saturated heterocycles. The largest absolute Gasteiger partial charge is 0.463 e. The van der Waals surface area contributed by atoms with Gasteiger partial charge in [0.1, 0.15) is 0 Å². The molecule has 0 aliphatic carbocycles.